The van der Waals surface area contributed by atoms with Crippen LogP contribution in [0.5, 0.6) is 5.75 Å². The number of ether oxygens (including phenoxy) is 1. The monoisotopic (exact) mass is 260 g/mol. The number of aromatic nitrogens is 1. The molecule has 0 aliphatic carbocycles. The van der Waals surface area contributed by atoms with Crippen LogP contribution in [0.15, 0.2) is 24.3 Å². The second-order valence-electron chi connectivity index (χ2n) is 5.39. The highest BCUT2D eigenvalue weighted by Gasteiger charge is 2.16. The Kier molecular flexibility index (Phi) is 4.15. The summed E-state index contributed by atoms with van der Waals surface area (Å²) in [5, 5.41) is 4.56. The van der Waals surface area contributed by atoms with Crippen LogP contribution in [0, 0.1) is 0 Å². The van der Waals surface area contributed by atoms with Crippen molar-refractivity contribution in [2.24, 2.45) is 0 Å². The third-order valence-corrected chi connectivity index (χ3v) is 3.65. The molecule has 0 saturated heterocycles. The molecule has 0 bridgehead atoms. The van der Waals surface area contributed by atoms with E-state index in [1.807, 2.05) is 13.1 Å². The molecule has 2 rings (SSSR count). The van der Waals surface area contributed by atoms with Crippen LogP contribution < -0.4 is 10.1 Å². The quantitative estimate of drug-likeness (QED) is 0.892. The van der Waals surface area contributed by atoms with Crippen LogP contribution in [-0.4, -0.2) is 24.8 Å². The summed E-state index contributed by atoms with van der Waals surface area (Å²) < 4.78 is 7.92. The molecule has 2 aromatic rings. The van der Waals surface area contributed by atoms with Crippen molar-refractivity contribution in [3.63, 3.8) is 0 Å². The number of nitrogens with zero attached hydrogens (tertiary/aromatic N) is 1. The summed E-state index contributed by atoms with van der Waals surface area (Å²) in [4.78, 5) is 0. The molecular weight excluding hydrogens is 236 g/mol. The molecule has 0 spiro atoms. The Morgan fingerprint density at radius 1 is 1.26 bits per heavy atom. The molecule has 1 unspecified atom stereocenters. The summed E-state index contributed by atoms with van der Waals surface area (Å²) in [6.07, 6.45) is 1.02. The van der Waals surface area contributed by atoms with Gasteiger partial charge in [0, 0.05) is 29.6 Å². The van der Waals surface area contributed by atoms with Crippen molar-refractivity contribution < 1.29 is 4.74 Å². The SMILES string of the molecule is CNC(C)Cc1cc2cccc(OC)c2n1C(C)C. The molecular formula is C16H24N2O. The highest BCUT2D eigenvalue weighted by atomic mass is 16.5. The van der Waals surface area contributed by atoms with Crippen molar-refractivity contribution in [1.29, 1.82) is 0 Å². The number of para-hydroxylation sites is 1. The van der Waals surface area contributed by atoms with Gasteiger partial charge < -0.3 is 14.6 Å². The maximum Gasteiger partial charge on any atom is 0.143 e. The van der Waals surface area contributed by atoms with E-state index in [0.717, 1.165) is 12.2 Å². The van der Waals surface area contributed by atoms with Crippen molar-refractivity contribution in [1.82, 2.24) is 9.88 Å². The Morgan fingerprint density at radius 2 is 2.00 bits per heavy atom. The topological polar surface area (TPSA) is 26.2 Å². The van der Waals surface area contributed by atoms with E-state index < -0.39 is 0 Å². The zero-order valence-electron chi connectivity index (χ0n) is 12.5. The summed E-state index contributed by atoms with van der Waals surface area (Å²) in [6, 6.07) is 9.42. The van der Waals surface area contributed by atoms with E-state index >= 15 is 0 Å². The summed E-state index contributed by atoms with van der Waals surface area (Å²) in [5.41, 5.74) is 2.56. The number of rotatable bonds is 5. The van der Waals surface area contributed by atoms with Crippen molar-refractivity contribution in [2.75, 3.05) is 14.2 Å². The molecule has 1 heterocycles. The number of fused-ring (bicyclic) bond motifs is 1. The Hall–Kier alpha value is -1.48. The van der Waals surface area contributed by atoms with Crippen LogP contribution in [0.1, 0.15) is 32.5 Å². The van der Waals surface area contributed by atoms with Crippen molar-refractivity contribution in [2.45, 2.75) is 39.3 Å². The van der Waals surface area contributed by atoms with Gasteiger partial charge in [0.2, 0.25) is 0 Å². The van der Waals surface area contributed by atoms with E-state index in [-0.39, 0.29) is 0 Å². The first kappa shape index (κ1) is 13.9. The highest BCUT2D eigenvalue weighted by molar-refractivity contribution is 5.87. The van der Waals surface area contributed by atoms with Gasteiger partial charge in [0.1, 0.15) is 5.75 Å². The third-order valence-electron chi connectivity index (χ3n) is 3.65. The molecule has 0 amide bonds. The number of methoxy groups -OCH3 is 1. The zero-order valence-corrected chi connectivity index (χ0v) is 12.5. The third kappa shape index (κ3) is 2.61. The van der Waals surface area contributed by atoms with Gasteiger partial charge in [0.15, 0.2) is 0 Å². The molecule has 1 aromatic carbocycles. The zero-order chi connectivity index (χ0) is 14.0. The van der Waals surface area contributed by atoms with E-state index in [9.17, 15) is 0 Å². The number of hydrogen-bond acceptors (Lipinski definition) is 2. The fourth-order valence-electron chi connectivity index (χ4n) is 2.63. The lowest BCUT2D eigenvalue weighted by Gasteiger charge is -2.18. The van der Waals surface area contributed by atoms with Gasteiger partial charge in [0.05, 0.1) is 12.6 Å². The van der Waals surface area contributed by atoms with Crippen LogP contribution in [-0.2, 0) is 6.42 Å². The highest BCUT2D eigenvalue weighted by Crippen LogP contribution is 2.32. The molecule has 19 heavy (non-hydrogen) atoms. The molecule has 1 atom stereocenters. The summed E-state index contributed by atoms with van der Waals surface area (Å²) in [6.45, 7) is 6.65. The molecule has 3 heteroatoms. The standard InChI is InChI=1S/C16H24N2O/c1-11(2)18-14(9-12(3)17-4)10-13-7-6-8-15(19-5)16(13)18/h6-8,10-12,17H,9H2,1-5H3. The second kappa shape index (κ2) is 5.66. The van der Waals surface area contributed by atoms with Crippen molar-refractivity contribution in [3.8, 4) is 5.75 Å². The fraction of sp³-hybridized carbons (Fsp3) is 0.500. The van der Waals surface area contributed by atoms with Crippen molar-refractivity contribution in [3.05, 3.63) is 30.0 Å². The number of likely N-dealkylation sites (N-methyl/N-ethyl adjacent to an activating group) is 1. The van der Waals surface area contributed by atoms with Crippen LogP contribution in [0.3, 0.4) is 0 Å². The minimum atomic E-state index is 0.424. The molecule has 0 fully saturated rings. The minimum absolute atomic E-state index is 0.424. The average Bonchev–Trinajstić information content (AvgIpc) is 2.76. The maximum absolute atomic E-state index is 5.53. The first-order chi connectivity index (χ1) is 9.08. The molecule has 0 aliphatic heterocycles. The predicted molar refractivity (Wildman–Crippen MR) is 81.1 cm³/mol. The van der Waals surface area contributed by atoms with Crippen molar-refractivity contribution >= 4 is 10.9 Å². The summed E-state index contributed by atoms with van der Waals surface area (Å²) >= 11 is 0. The maximum atomic E-state index is 5.53. The lowest BCUT2D eigenvalue weighted by atomic mass is 10.1. The van der Waals surface area contributed by atoms with Gasteiger partial charge in [-0.15, -0.1) is 0 Å². The van der Waals surface area contributed by atoms with Crippen LogP contribution in [0.25, 0.3) is 10.9 Å². The first-order valence-corrected chi connectivity index (χ1v) is 6.92. The molecule has 3 nitrogen and oxygen atoms in total. The molecule has 0 radical (unpaired) electrons. The number of benzene rings is 1. The number of hydrogen-bond donors (Lipinski definition) is 1. The fourth-order valence-corrected chi connectivity index (χ4v) is 2.63. The molecule has 104 valence electrons. The van der Waals surface area contributed by atoms with Crippen LogP contribution >= 0.6 is 0 Å². The molecule has 0 saturated carbocycles. The smallest absolute Gasteiger partial charge is 0.143 e. The number of nitrogens with one attached hydrogen (secondary N) is 1. The Balaban J connectivity index is 2.61. The largest absolute Gasteiger partial charge is 0.495 e. The second-order valence-corrected chi connectivity index (χ2v) is 5.39. The minimum Gasteiger partial charge on any atom is -0.495 e. The first-order valence-electron chi connectivity index (χ1n) is 6.92. The van der Waals surface area contributed by atoms with E-state index in [0.29, 0.717) is 12.1 Å². The average molecular weight is 260 g/mol. The Morgan fingerprint density at radius 3 is 2.58 bits per heavy atom. The lowest BCUT2D eigenvalue weighted by Crippen LogP contribution is -2.25. The predicted octanol–water partition coefficient (Wildman–Crippen LogP) is 3.38. The summed E-state index contributed by atoms with van der Waals surface area (Å²) in [7, 11) is 3.75. The van der Waals surface area contributed by atoms with E-state index in [4.69, 9.17) is 4.74 Å². The lowest BCUT2D eigenvalue weighted by molar-refractivity contribution is 0.415. The van der Waals surface area contributed by atoms with E-state index in [1.54, 1.807) is 7.11 Å². The van der Waals surface area contributed by atoms with Gasteiger partial charge in [-0.1, -0.05) is 12.1 Å². The molecule has 0 aliphatic rings. The van der Waals surface area contributed by atoms with Gasteiger partial charge in [-0.25, -0.2) is 0 Å². The Labute approximate surface area is 115 Å². The summed E-state index contributed by atoms with van der Waals surface area (Å²) in [5.74, 6) is 0.953. The van der Waals surface area contributed by atoms with Crippen LogP contribution in [0.2, 0.25) is 0 Å². The van der Waals surface area contributed by atoms with E-state index in [2.05, 4.69) is 48.9 Å². The Bertz CT molecular complexity index is 557. The normalized spacial score (nSPS) is 13.2. The van der Waals surface area contributed by atoms with Crippen LogP contribution in [0.4, 0.5) is 0 Å². The van der Waals surface area contributed by atoms with Gasteiger partial charge in [-0.3, -0.25) is 0 Å². The van der Waals surface area contributed by atoms with Gasteiger partial charge in [-0.05, 0) is 40.0 Å². The van der Waals surface area contributed by atoms with Gasteiger partial charge >= 0.3 is 0 Å². The van der Waals surface area contributed by atoms with Gasteiger partial charge in [0.25, 0.3) is 0 Å². The van der Waals surface area contributed by atoms with Gasteiger partial charge in [-0.2, -0.15) is 0 Å². The molecule has 1 N–H and O–H groups in total. The van der Waals surface area contributed by atoms with E-state index in [1.165, 1.54) is 16.6 Å². The molecule has 1 aromatic heterocycles.